The molecule has 3 aromatic rings. The van der Waals surface area contributed by atoms with Crippen molar-refractivity contribution in [3.05, 3.63) is 52.2 Å². The second-order valence-electron chi connectivity index (χ2n) is 5.31. The van der Waals surface area contributed by atoms with E-state index >= 15 is 0 Å². The van der Waals surface area contributed by atoms with Crippen molar-refractivity contribution >= 4 is 17.1 Å². The molecule has 0 saturated carbocycles. The van der Waals surface area contributed by atoms with E-state index in [0.29, 0.717) is 11.0 Å². The maximum absolute atomic E-state index is 12.4. The van der Waals surface area contributed by atoms with Crippen molar-refractivity contribution in [1.29, 1.82) is 0 Å². The molecule has 24 heavy (non-hydrogen) atoms. The lowest BCUT2D eigenvalue weighted by Crippen LogP contribution is -2.33. The van der Waals surface area contributed by atoms with Gasteiger partial charge in [-0.05, 0) is 44.0 Å². The summed E-state index contributed by atoms with van der Waals surface area (Å²) in [6.45, 7) is 5.92. The summed E-state index contributed by atoms with van der Waals surface area (Å²) in [5, 5.41) is 4.55. The van der Waals surface area contributed by atoms with Gasteiger partial charge in [-0.3, -0.25) is 4.79 Å². The van der Waals surface area contributed by atoms with Gasteiger partial charge in [0.15, 0.2) is 5.65 Å². The van der Waals surface area contributed by atoms with Crippen LogP contribution in [0.4, 0.5) is 4.79 Å². The number of hydrogen-bond acceptors (Lipinski definition) is 5. The molecule has 8 heteroatoms. The molecule has 0 bridgehead atoms. The fraction of sp³-hybridized carbons (Fsp3) is 0.250. The molecule has 0 aliphatic carbocycles. The second kappa shape index (κ2) is 6.15. The van der Waals surface area contributed by atoms with Gasteiger partial charge in [-0.1, -0.05) is 6.07 Å². The third kappa shape index (κ3) is 2.73. The highest BCUT2D eigenvalue weighted by atomic mass is 16.6. The number of nitrogens with one attached hydrogen (secondary N) is 1. The minimum Gasteiger partial charge on any atom is -0.449 e. The highest BCUT2D eigenvalue weighted by molar-refractivity contribution is 5.78. The number of amides is 1. The van der Waals surface area contributed by atoms with Crippen molar-refractivity contribution in [2.24, 2.45) is 0 Å². The van der Waals surface area contributed by atoms with E-state index in [9.17, 15) is 9.59 Å². The number of rotatable bonds is 3. The molecule has 0 radical (unpaired) electrons. The zero-order valence-electron chi connectivity index (χ0n) is 13.6. The van der Waals surface area contributed by atoms with Crippen LogP contribution < -0.4 is 11.0 Å². The standard InChI is InChI=1S/C16H17N5O3/c1-4-24-16(23)19-20-9-17-14-13(15(20)22)8-18-21(14)12-6-5-10(2)11(3)7-12/h5-9H,4H2,1-3H3,(H,19,23). The van der Waals surface area contributed by atoms with Crippen molar-refractivity contribution in [3.8, 4) is 5.69 Å². The number of nitrogens with zero attached hydrogens (tertiary/aromatic N) is 4. The molecular weight excluding hydrogens is 310 g/mol. The molecular formula is C16H17N5O3. The summed E-state index contributed by atoms with van der Waals surface area (Å²) >= 11 is 0. The zero-order chi connectivity index (χ0) is 17.3. The quantitative estimate of drug-likeness (QED) is 0.793. The van der Waals surface area contributed by atoms with Crippen molar-refractivity contribution < 1.29 is 9.53 Å². The molecule has 2 aromatic heterocycles. The van der Waals surface area contributed by atoms with Gasteiger partial charge >= 0.3 is 6.09 Å². The van der Waals surface area contributed by atoms with E-state index in [4.69, 9.17) is 4.74 Å². The molecule has 1 aromatic carbocycles. The maximum Gasteiger partial charge on any atom is 0.426 e. The first-order valence-electron chi connectivity index (χ1n) is 7.48. The predicted molar refractivity (Wildman–Crippen MR) is 89.0 cm³/mol. The van der Waals surface area contributed by atoms with Gasteiger partial charge in [0.2, 0.25) is 0 Å². The van der Waals surface area contributed by atoms with Crippen LogP contribution in [0.3, 0.4) is 0 Å². The Bertz CT molecular complexity index is 973. The number of aromatic nitrogens is 4. The van der Waals surface area contributed by atoms with E-state index in [-0.39, 0.29) is 6.61 Å². The van der Waals surface area contributed by atoms with Gasteiger partial charge < -0.3 is 4.74 Å². The fourth-order valence-corrected chi connectivity index (χ4v) is 2.30. The third-order valence-corrected chi connectivity index (χ3v) is 3.71. The minimum absolute atomic E-state index is 0.209. The third-order valence-electron chi connectivity index (χ3n) is 3.71. The Balaban J connectivity index is 2.05. The van der Waals surface area contributed by atoms with Crippen LogP contribution in [0, 0.1) is 13.8 Å². The SMILES string of the molecule is CCOC(=O)Nn1cnc2c(cnn2-c2ccc(C)c(C)c2)c1=O. The van der Waals surface area contributed by atoms with Gasteiger partial charge in [0.25, 0.3) is 5.56 Å². The Hall–Kier alpha value is -3.16. The van der Waals surface area contributed by atoms with Crippen LogP contribution in [0.2, 0.25) is 0 Å². The van der Waals surface area contributed by atoms with Crippen LogP contribution in [-0.4, -0.2) is 32.1 Å². The molecule has 124 valence electrons. The Labute approximate surface area is 137 Å². The average Bonchev–Trinajstić information content (AvgIpc) is 2.98. The first kappa shape index (κ1) is 15.7. The van der Waals surface area contributed by atoms with Gasteiger partial charge in [-0.25, -0.2) is 24.6 Å². The van der Waals surface area contributed by atoms with E-state index in [1.165, 1.54) is 18.1 Å². The van der Waals surface area contributed by atoms with Crippen LogP contribution in [0.15, 0.2) is 35.5 Å². The maximum atomic E-state index is 12.4. The molecule has 0 spiro atoms. The van der Waals surface area contributed by atoms with E-state index in [1.54, 1.807) is 11.6 Å². The number of aryl methyl sites for hydroxylation is 2. The first-order chi connectivity index (χ1) is 11.5. The van der Waals surface area contributed by atoms with Gasteiger partial charge in [0, 0.05) is 0 Å². The lowest BCUT2D eigenvalue weighted by Gasteiger charge is -2.08. The van der Waals surface area contributed by atoms with E-state index in [1.807, 2.05) is 32.0 Å². The van der Waals surface area contributed by atoms with Crippen LogP contribution in [0.1, 0.15) is 18.1 Å². The summed E-state index contributed by atoms with van der Waals surface area (Å²) in [6.07, 6.45) is 1.95. The fourth-order valence-electron chi connectivity index (χ4n) is 2.30. The molecule has 8 nitrogen and oxygen atoms in total. The van der Waals surface area contributed by atoms with Crippen molar-refractivity contribution in [3.63, 3.8) is 0 Å². The smallest absolute Gasteiger partial charge is 0.426 e. The van der Waals surface area contributed by atoms with Crippen molar-refractivity contribution in [1.82, 2.24) is 19.4 Å². The highest BCUT2D eigenvalue weighted by Gasteiger charge is 2.13. The Morgan fingerprint density at radius 3 is 2.79 bits per heavy atom. The molecule has 1 amide bonds. The average molecular weight is 327 g/mol. The molecule has 0 aliphatic heterocycles. The summed E-state index contributed by atoms with van der Waals surface area (Å²) in [4.78, 5) is 28.1. The van der Waals surface area contributed by atoms with Gasteiger partial charge in [-0.15, -0.1) is 0 Å². The molecule has 0 fully saturated rings. The molecule has 3 rings (SSSR count). The molecule has 0 atom stereocenters. The van der Waals surface area contributed by atoms with E-state index in [0.717, 1.165) is 15.9 Å². The molecule has 2 heterocycles. The topological polar surface area (TPSA) is 91.0 Å². The minimum atomic E-state index is -0.720. The van der Waals surface area contributed by atoms with Gasteiger partial charge in [0.1, 0.15) is 11.7 Å². The summed E-state index contributed by atoms with van der Waals surface area (Å²) < 4.78 is 7.33. The summed E-state index contributed by atoms with van der Waals surface area (Å²) in [6, 6.07) is 5.88. The number of fused-ring (bicyclic) bond motifs is 1. The van der Waals surface area contributed by atoms with Crippen LogP contribution in [0.25, 0.3) is 16.7 Å². The number of ether oxygens (including phenoxy) is 1. The Kier molecular flexibility index (Phi) is 4.03. The Morgan fingerprint density at radius 1 is 1.29 bits per heavy atom. The van der Waals surface area contributed by atoms with Crippen LogP contribution >= 0.6 is 0 Å². The lowest BCUT2D eigenvalue weighted by molar-refractivity contribution is 0.164. The van der Waals surface area contributed by atoms with Crippen molar-refractivity contribution in [2.45, 2.75) is 20.8 Å². The Morgan fingerprint density at radius 2 is 2.08 bits per heavy atom. The zero-order valence-corrected chi connectivity index (χ0v) is 13.6. The van der Waals surface area contributed by atoms with E-state index in [2.05, 4.69) is 15.5 Å². The molecule has 0 aliphatic rings. The summed E-state index contributed by atoms with van der Waals surface area (Å²) in [5.74, 6) is 0. The summed E-state index contributed by atoms with van der Waals surface area (Å²) in [7, 11) is 0. The largest absolute Gasteiger partial charge is 0.449 e. The molecule has 0 saturated heterocycles. The molecule has 1 N–H and O–H groups in total. The number of carbonyl (C=O) groups excluding carboxylic acids is 1. The van der Waals surface area contributed by atoms with Gasteiger partial charge in [0.05, 0.1) is 18.5 Å². The number of benzene rings is 1. The normalized spacial score (nSPS) is 10.8. The van der Waals surface area contributed by atoms with Crippen LogP contribution in [-0.2, 0) is 4.74 Å². The molecule has 0 unspecified atom stereocenters. The number of carbonyl (C=O) groups is 1. The predicted octanol–water partition coefficient (Wildman–Crippen LogP) is 1.90. The van der Waals surface area contributed by atoms with Crippen molar-refractivity contribution in [2.75, 3.05) is 12.0 Å². The highest BCUT2D eigenvalue weighted by Crippen LogP contribution is 2.16. The lowest BCUT2D eigenvalue weighted by atomic mass is 10.1. The summed E-state index contributed by atoms with van der Waals surface area (Å²) in [5.41, 5.74) is 5.41. The van der Waals surface area contributed by atoms with Gasteiger partial charge in [-0.2, -0.15) is 5.10 Å². The number of hydrogen-bond donors (Lipinski definition) is 1. The van der Waals surface area contributed by atoms with Crippen LogP contribution in [0.5, 0.6) is 0 Å². The second-order valence-corrected chi connectivity index (χ2v) is 5.31. The first-order valence-corrected chi connectivity index (χ1v) is 7.48. The monoisotopic (exact) mass is 327 g/mol. The van der Waals surface area contributed by atoms with E-state index < -0.39 is 11.7 Å².